The van der Waals surface area contributed by atoms with E-state index in [4.69, 9.17) is 13.6 Å². The Kier molecular flexibility index (Phi) is 9.26. The first-order valence-corrected chi connectivity index (χ1v) is 7.78. The Morgan fingerprint density at radius 3 is 2.07 bits per heavy atom. The van der Waals surface area contributed by atoms with E-state index in [1.165, 1.54) is 6.92 Å². The molecule has 0 aliphatic carbocycles. The van der Waals surface area contributed by atoms with Crippen molar-refractivity contribution < 1.29 is 18.4 Å². The molecule has 0 amide bonds. The number of rotatable bonds is 8. The van der Waals surface area contributed by atoms with Gasteiger partial charge in [0.05, 0.1) is 6.61 Å². The molecule has 0 aromatic heterocycles. The molecule has 0 aliphatic rings. The first-order chi connectivity index (χ1) is 6.70. The quantitative estimate of drug-likeness (QED) is 0.422. The summed E-state index contributed by atoms with van der Waals surface area (Å²) >= 11 is 0. The lowest BCUT2D eigenvalue weighted by molar-refractivity contribution is -0.140. The highest BCUT2D eigenvalue weighted by molar-refractivity contribution is 6.52. The van der Waals surface area contributed by atoms with Gasteiger partial charge >= 0.3 is 5.97 Å². The average molecular weight is 236 g/mol. The van der Waals surface area contributed by atoms with Crippen molar-refractivity contribution >= 4 is 25.5 Å². The molecule has 0 saturated carbocycles. The lowest BCUT2D eigenvalue weighted by atomic mass is 10.7. The fourth-order valence-corrected chi connectivity index (χ4v) is 3.90. The van der Waals surface area contributed by atoms with Gasteiger partial charge in [-0.15, -0.1) is 0 Å². The summed E-state index contributed by atoms with van der Waals surface area (Å²) in [4.78, 5) is 10.6. The molecule has 0 atom stereocenters. The summed E-state index contributed by atoms with van der Waals surface area (Å²) in [5, 5.41) is 0.416. The van der Waals surface area contributed by atoms with Crippen LogP contribution in [0.5, 0.6) is 0 Å². The monoisotopic (exact) mass is 236 g/mol. The molecule has 0 heterocycles. The van der Waals surface area contributed by atoms with Crippen LogP contribution >= 0.6 is 0 Å². The van der Waals surface area contributed by atoms with E-state index in [1.807, 2.05) is 13.8 Å². The number of ether oxygens (including phenoxy) is 1. The highest BCUT2D eigenvalue weighted by Crippen LogP contribution is 2.03. The first kappa shape index (κ1) is 13.8. The van der Waals surface area contributed by atoms with Gasteiger partial charge in [-0.1, -0.05) is 0 Å². The molecule has 6 heteroatoms. The Balaban J connectivity index is 3.65. The fraction of sp³-hybridized carbons (Fsp3) is 0.875. The summed E-state index contributed by atoms with van der Waals surface area (Å²) in [6.07, 6.45) is 0. The van der Waals surface area contributed by atoms with E-state index in [-0.39, 0.29) is 5.97 Å². The zero-order valence-electron chi connectivity index (χ0n) is 9.25. The van der Waals surface area contributed by atoms with Gasteiger partial charge in [0.2, 0.25) is 0 Å². The van der Waals surface area contributed by atoms with Crippen molar-refractivity contribution in [2.45, 2.75) is 25.9 Å². The lowest BCUT2D eigenvalue weighted by Crippen LogP contribution is -2.23. The van der Waals surface area contributed by atoms with Gasteiger partial charge in [-0.2, -0.15) is 0 Å². The molecule has 0 aromatic rings. The molecular weight excluding hydrogens is 216 g/mol. The third-order valence-electron chi connectivity index (χ3n) is 1.64. The van der Waals surface area contributed by atoms with Gasteiger partial charge in [0.15, 0.2) is 19.5 Å². The van der Waals surface area contributed by atoms with Crippen molar-refractivity contribution in [1.82, 2.24) is 0 Å². The Morgan fingerprint density at radius 1 is 1.21 bits per heavy atom. The van der Waals surface area contributed by atoms with Gasteiger partial charge in [0, 0.05) is 25.3 Å². The highest BCUT2D eigenvalue weighted by atomic mass is 28.3. The smallest absolute Gasteiger partial charge is 0.302 e. The number of hydrogen-bond donors (Lipinski definition) is 0. The van der Waals surface area contributed by atoms with Crippen molar-refractivity contribution in [2.75, 3.05) is 19.8 Å². The van der Waals surface area contributed by atoms with Gasteiger partial charge in [-0.3, -0.25) is 4.79 Å². The Bertz CT molecular complexity index is 146. The number of carbonyl (C=O) groups excluding carboxylic acids is 1. The predicted molar refractivity (Wildman–Crippen MR) is 60.7 cm³/mol. The Labute approximate surface area is 90.2 Å². The first-order valence-electron chi connectivity index (χ1n) is 4.99. The summed E-state index contributed by atoms with van der Waals surface area (Å²) in [5.74, 6) is -0.217. The Morgan fingerprint density at radius 2 is 1.71 bits per heavy atom. The van der Waals surface area contributed by atoms with Crippen LogP contribution in [0.1, 0.15) is 20.8 Å². The zero-order chi connectivity index (χ0) is 10.8. The van der Waals surface area contributed by atoms with Gasteiger partial charge in [0.25, 0.3) is 0 Å². The van der Waals surface area contributed by atoms with E-state index in [2.05, 4.69) is 0 Å². The molecule has 0 unspecified atom stereocenters. The third kappa shape index (κ3) is 8.42. The Hall–Kier alpha value is -0.176. The van der Waals surface area contributed by atoms with Gasteiger partial charge in [-0.25, -0.2) is 0 Å². The summed E-state index contributed by atoms with van der Waals surface area (Å²) in [7, 11) is -1.16. The molecule has 0 rings (SSSR count). The zero-order valence-corrected chi connectivity index (χ0v) is 12.1. The summed E-state index contributed by atoms with van der Waals surface area (Å²) in [5.41, 5.74) is 0. The molecule has 0 N–H and O–H groups in total. The highest BCUT2D eigenvalue weighted by Gasteiger charge is 2.12. The largest absolute Gasteiger partial charge is 0.466 e. The minimum absolute atomic E-state index is 0.217. The maximum atomic E-state index is 10.6. The van der Waals surface area contributed by atoms with Crippen LogP contribution in [0.3, 0.4) is 0 Å². The molecule has 0 aromatic carbocycles. The van der Waals surface area contributed by atoms with Crippen molar-refractivity contribution in [3.63, 3.8) is 0 Å². The molecule has 4 nitrogen and oxygen atoms in total. The van der Waals surface area contributed by atoms with Crippen molar-refractivity contribution in [1.29, 1.82) is 0 Å². The minimum atomic E-state index is -0.579. The van der Waals surface area contributed by atoms with Crippen LogP contribution in [0.2, 0.25) is 5.16 Å². The second-order valence-electron chi connectivity index (χ2n) is 2.99. The molecule has 0 spiro atoms. The molecular formula is C8H20O4Si2. The van der Waals surface area contributed by atoms with Gasteiger partial charge in [-0.05, 0) is 13.8 Å². The average Bonchev–Trinajstić information content (AvgIpc) is 2.16. The van der Waals surface area contributed by atoms with Crippen LogP contribution in [0.4, 0.5) is 0 Å². The van der Waals surface area contributed by atoms with Crippen LogP contribution in [-0.2, 0) is 18.4 Å². The number of esters is 1. The normalized spacial score (nSPS) is 14.2. The summed E-state index contributed by atoms with van der Waals surface area (Å²) in [6, 6.07) is 0. The van der Waals surface area contributed by atoms with Crippen molar-refractivity contribution in [3.05, 3.63) is 0 Å². The van der Waals surface area contributed by atoms with E-state index in [0.29, 0.717) is 11.8 Å². The van der Waals surface area contributed by atoms with Gasteiger partial charge < -0.3 is 13.6 Å². The second-order valence-corrected chi connectivity index (χ2v) is 7.93. The fourth-order valence-electron chi connectivity index (χ4n) is 0.949. The molecule has 0 radical (unpaired) electrons. The lowest BCUT2D eigenvalue weighted by Gasteiger charge is -2.14. The SMILES string of the molecule is CCO[SiH2]C(COC(C)=O)[SiH2]OCC. The molecule has 0 saturated heterocycles. The van der Waals surface area contributed by atoms with E-state index in [9.17, 15) is 4.79 Å². The number of carbonyl (C=O) groups is 1. The van der Waals surface area contributed by atoms with E-state index < -0.39 is 19.5 Å². The topological polar surface area (TPSA) is 44.8 Å². The molecule has 0 bridgehead atoms. The van der Waals surface area contributed by atoms with Crippen molar-refractivity contribution in [3.8, 4) is 0 Å². The maximum absolute atomic E-state index is 10.6. The van der Waals surface area contributed by atoms with Crippen LogP contribution in [0.15, 0.2) is 0 Å². The second kappa shape index (κ2) is 9.38. The summed E-state index contributed by atoms with van der Waals surface area (Å²) < 4.78 is 15.8. The maximum Gasteiger partial charge on any atom is 0.302 e. The standard InChI is InChI=1S/C8H20O4Si2/c1-4-11-13-8(14-12-5-2)6-10-7(3)9/h8H,4-6,13-14H2,1-3H3. The predicted octanol–water partition coefficient (Wildman–Crippen LogP) is -0.464. The van der Waals surface area contributed by atoms with Crippen LogP contribution in [0.25, 0.3) is 0 Å². The van der Waals surface area contributed by atoms with E-state index in [0.717, 1.165) is 13.2 Å². The van der Waals surface area contributed by atoms with E-state index >= 15 is 0 Å². The van der Waals surface area contributed by atoms with Gasteiger partial charge in [0.1, 0.15) is 0 Å². The summed E-state index contributed by atoms with van der Waals surface area (Å²) in [6.45, 7) is 7.40. The van der Waals surface area contributed by atoms with Crippen molar-refractivity contribution in [2.24, 2.45) is 0 Å². The van der Waals surface area contributed by atoms with Crippen LogP contribution in [-0.4, -0.2) is 45.3 Å². The minimum Gasteiger partial charge on any atom is -0.466 e. The molecule has 84 valence electrons. The third-order valence-corrected chi connectivity index (χ3v) is 5.75. The number of hydrogen-bond acceptors (Lipinski definition) is 4. The molecule has 0 aliphatic heterocycles. The molecule has 0 fully saturated rings. The molecule has 14 heavy (non-hydrogen) atoms. The van der Waals surface area contributed by atoms with Crippen LogP contribution < -0.4 is 0 Å². The van der Waals surface area contributed by atoms with Crippen LogP contribution in [0, 0.1) is 0 Å². The van der Waals surface area contributed by atoms with E-state index in [1.54, 1.807) is 0 Å².